The first-order valence-electron chi connectivity index (χ1n) is 7.80. The van der Waals surface area contributed by atoms with Crippen molar-refractivity contribution in [2.24, 2.45) is 5.92 Å². The molecule has 118 valence electrons. The van der Waals surface area contributed by atoms with E-state index in [1.807, 2.05) is 12.1 Å². The molecule has 4 nitrogen and oxygen atoms in total. The fourth-order valence-electron chi connectivity index (χ4n) is 2.16. The summed E-state index contributed by atoms with van der Waals surface area (Å²) in [4.78, 5) is 14.3. The van der Waals surface area contributed by atoms with Gasteiger partial charge in [0.1, 0.15) is 5.75 Å². The molecule has 0 atom stereocenters. The average molecular weight is 292 g/mol. The summed E-state index contributed by atoms with van der Waals surface area (Å²) < 4.78 is 0. The molecule has 1 rings (SSSR count). The number of aromatic hydroxyl groups is 1. The Bertz CT molecular complexity index is 454. The van der Waals surface area contributed by atoms with Gasteiger partial charge in [-0.1, -0.05) is 39.8 Å². The zero-order valence-electron chi connectivity index (χ0n) is 13.6. The summed E-state index contributed by atoms with van der Waals surface area (Å²) >= 11 is 0. The highest BCUT2D eigenvalue weighted by Gasteiger charge is 2.15. The van der Waals surface area contributed by atoms with Crippen molar-refractivity contribution in [2.45, 2.75) is 40.7 Å². The third-order valence-electron chi connectivity index (χ3n) is 3.66. The number of phenolic OH excluding ortho intramolecular Hbond substituents is 1. The van der Waals surface area contributed by atoms with Gasteiger partial charge in [0, 0.05) is 18.7 Å². The van der Waals surface area contributed by atoms with Crippen molar-refractivity contribution in [1.29, 1.82) is 0 Å². The molecule has 0 spiro atoms. The minimum atomic E-state index is -0.199. The van der Waals surface area contributed by atoms with Gasteiger partial charge in [-0.25, -0.2) is 0 Å². The second kappa shape index (κ2) is 8.67. The monoisotopic (exact) mass is 292 g/mol. The minimum absolute atomic E-state index is 0.103. The number of nitrogens with zero attached hydrogens (tertiary/aromatic N) is 1. The number of phenols is 1. The number of para-hydroxylation sites is 1. The van der Waals surface area contributed by atoms with Crippen LogP contribution in [0.3, 0.4) is 0 Å². The van der Waals surface area contributed by atoms with Gasteiger partial charge in [0.2, 0.25) is 0 Å². The van der Waals surface area contributed by atoms with E-state index < -0.39 is 0 Å². The highest BCUT2D eigenvalue weighted by molar-refractivity contribution is 5.97. The maximum atomic E-state index is 12.1. The van der Waals surface area contributed by atoms with E-state index in [-0.39, 0.29) is 11.7 Å². The average Bonchev–Trinajstić information content (AvgIpc) is 2.45. The van der Waals surface area contributed by atoms with E-state index >= 15 is 0 Å². The summed E-state index contributed by atoms with van der Waals surface area (Å²) in [6, 6.07) is 5.38. The molecule has 0 fully saturated rings. The van der Waals surface area contributed by atoms with Gasteiger partial charge >= 0.3 is 0 Å². The van der Waals surface area contributed by atoms with Crippen LogP contribution in [0.25, 0.3) is 0 Å². The lowest BCUT2D eigenvalue weighted by molar-refractivity contribution is 0.0949. The van der Waals surface area contributed by atoms with Crippen molar-refractivity contribution in [3.8, 4) is 5.75 Å². The van der Waals surface area contributed by atoms with Crippen LogP contribution in [0, 0.1) is 5.92 Å². The van der Waals surface area contributed by atoms with Crippen LogP contribution < -0.4 is 5.32 Å². The molecule has 0 saturated heterocycles. The summed E-state index contributed by atoms with van der Waals surface area (Å²) in [6.45, 7) is 11.5. The molecule has 0 radical (unpaired) electrons. The molecule has 4 heteroatoms. The van der Waals surface area contributed by atoms with Crippen molar-refractivity contribution in [2.75, 3.05) is 19.6 Å². The Hall–Kier alpha value is -1.55. The van der Waals surface area contributed by atoms with Crippen LogP contribution in [-0.4, -0.2) is 35.5 Å². The molecular formula is C17H28N2O2. The smallest absolute Gasteiger partial charge is 0.255 e. The molecule has 0 unspecified atom stereocenters. The lowest BCUT2D eigenvalue weighted by Gasteiger charge is -2.19. The molecule has 1 aromatic carbocycles. The van der Waals surface area contributed by atoms with Gasteiger partial charge in [-0.2, -0.15) is 0 Å². The standard InChI is InChI=1S/C17H28N2O2/c1-5-19(6-2)12-14-8-7-9-15(16(14)20)17(21)18-11-10-13(3)4/h7-9,13,20H,5-6,10-12H2,1-4H3,(H,18,21). The van der Waals surface area contributed by atoms with Crippen LogP contribution in [0.4, 0.5) is 0 Å². The zero-order chi connectivity index (χ0) is 15.8. The van der Waals surface area contributed by atoms with Crippen molar-refractivity contribution >= 4 is 5.91 Å². The lowest BCUT2D eigenvalue weighted by Crippen LogP contribution is -2.26. The Labute approximate surface area is 128 Å². The first kappa shape index (κ1) is 17.5. The zero-order valence-corrected chi connectivity index (χ0v) is 13.6. The van der Waals surface area contributed by atoms with E-state index in [4.69, 9.17) is 0 Å². The summed E-state index contributed by atoms with van der Waals surface area (Å²) in [5.41, 5.74) is 1.17. The van der Waals surface area contributed by atoms with Crippen LogP contribution in [0.1, 0.15) is 50.0 Å². The fourth-order valence-corrected chi connectivity index (χ4v) is 2.16. The van der Waals surface area contributed by atoms with Gasteiger partial charge in [-0.3, -0.25) is 9.69 Å². The number of nitrogens with one attached hydrogen (secondary N) is 1. The molecule has 0 saturated carbocycles. The number of amides is 1. The van der Waals surface area contributed by atoms with Gasteiger partial charge in [0.05, 0.1) is 5.56 Å². The molecule has 2 N–H and O–H groups in total. The second-order valence-electron chi connectivity index (χ2n) is 5.71. The predicted octanol–water partition coefficient (Wildman–Crippen LogP) is 3.01. The Morgan fingerprint density at radius 1 is 1.29 bits per heavy atom. The number of carbonyl (C=O) groups is 1. The van der Waals surface area contributed by atoms with Gasteiger partial charge < -0.3 is 10.4 Å². The van der Waals surface area contributed by atoms with E-state index in [0.29, 0.717) is 24.6 Å². The highest BCUT2D eigenvalue weighted by Crippen LogP contribution is 2.23. The third-order valence-corrected chi connectivity index (χ3v) is 3.66. The molecule has 0 aliphatic carbocycles. The van der Waals surface area contributed by atoms with Crippen molar-refractivity contribution in [1.82, 2.24) is 10.2 Å². The fraction of sp³-hybridized carbons (Fsp3) is 0.588. The third kappa shape index (κ3) is 5.38. The Kier molecular flexibility index (Phi) is 7.23. The molecule has 1 amide bonds. The van der Waals surface area contributed by atoms with Crippen LogP contribution in [0.15, 0.2) is 18.2 Å². The van der Waals surface area contributed by atoms with E-state index in [2.05, 4.69) is 37.9 Å². The number of carbonyl (C=O) groups excluding carboxylic acids is 1. The number of hydrogen-bond donors (Lipinski definition) is 2. The van der Waals surface area contributed by atoms with Crippen molar-refractivity contribution < 1.29 is 9.90 Å². The normalized spacial score (nSPS) is 11.1. The summed E-state index contributed by atoms with van der Waals surface area (Å²) in [5, 5.41) is 13.2. The summed E-state index contributed by atoms with van der Waals surface area (Å²) in [7, 11) is 0. The molecule has 0 aliphatic rings. The van der Waals surface area contributed by atoms with E-state index in [1.54, 1.807) is 6.07 Å². The molecule has 0 bridgehead atoms. The van der Waals surface area contributed by atoms with Crippen molar-refractivity contribution in [3.05, 3.63) is 29.3 Å². The van der Waals surface area contributed by atoms with Gasteiger partial charge in [-0.05, 0) is 31.5 Å². The Morgan fingerprint density at radius 2 is 1.95 bits per heavy atom. The first-order chi connectivity index (χ1) is 9.99. The topological polar surface area (TPSA) is 52.6 Å². The minimum Gasteiger partial charge on any atom is -0.507 e. The predicted molar refractivity (Wildman–Crippen MR) is 86.5 cm³/mol. The molecule has 21 heavy (non-hydrogen) atoms. The Morgan fingerprint density at radius 3 is 2.52 bits per heavy atom. The largest absolute Gasteiger partial charge is 0.507 e. The molecule has 0 heterocycles. The van der Waals surface area contributed by atoms with Crippen LogP contribution in [0.2, 0.25) is 0 Å². The van der Waals surface area contributed by atoms with E-state index in [0.717, 1.165) is 25.1 Å². The van der Waals surface area contributed by atoms with Crippen LogP contribution in [0.5, 0.6) is 5.75 Å². The second-order valence-corrected chi connectivity index (χ2v) is 5.71. The first-order valence-corrected chi connectivity index (χ1v) is 7.80. The maximum absolute atomic E-state index is 12.1. The van der Waals surface area contributed by atoms with Gasteiger partial charge in [0.15, 0.2) is 0 Å². The lowest BCUT2D eigenvalue weighted by atomic mass is 10.1. The van der Waals surface area contributed by atoms with E-state index in [1.165, 1.54) is 0 Å². The maximum Gasteiger partial charge on any atom is 0.255 e. The van der Waals surface area contributed by atoms with E-state index in [9.17, 15) is 9.90 Å². The SMILES string of the molecule is CCN(CC)Cc1cccc(C(=O)NCCC(C)C)c1O. The number of rotatable bonds is 8. The quantitative estimate of drug-likeness (QED) is 0.774. The highest BCUT2D eigenvalue weighted by atomic mass is 16.3. The van der Waals surface area contributed by atoms with Gasteiger partial charge in [0.25, 0.3) is 5.91 Å². The number of hydrogen-bond acceptors (Lipinski definition) is 3. The Balaban J connectivity index is 2.77. The molecule has 1 aromatic rings. The van der Waals surface area contributed by atoms with Crippen LogP contribution in [-0.2, 0) is 6.54 Å². The summed E-state index contributed by atoms with van der Waals surface area (Å²) in [5.74, 6) is 0.453. The molecular weight excluding hydrogens is 264 g/mol. The molecule has 0 aliphatic heterocycles. The van der Waals surface area contributed by atoms with Gasteiger partial charge in [-0.15, -0.1) is 0 Å². The summed E-state index contributed by atoms with van der Waals surface area (Å²) in [6.07, 6.45) is 0.936. The van der Waals surface area contributed by atoms with Crippen molar-refractivity contribution in [3.63, 3.8) is 0 Å². The molecule has 0 aromatic heterocycles. The van der Waals surface area contributed by atoms with Crippen LogP contribution >= 0.6 is 0 Å². The number of benzene rings is 1.